The summed E-state index contributed by atoms with van der Waals surface area (Å²) in [6.45, 7) is 5.06. The minimum atomic E-state index is 0.683. The summed E-state index contributed by atoms with van der Waals surface area (Å²) in [6.07, 6.45) is 23.1. The van der Waals surface area contributed by atoms with Gasteiger partial charge in [-0.15, -0.1) is 0 Å². The minimum Gasteiger partial charge on any atom is -0.490 e. The summed E-state index contributed by atoms with van der Waals surface area (Å²) in [5, 5.41) is 0. The van der Waals surface area contributed by atoms with Crippen LogP contribution in [0.3, 0.4) is 0 Å². The number of ether oxygens (including phenoxy) is 1. The van der Waals surface area contributed by atoms with Crippen LogP contribution in [0.4, 0.5) is 0 Å². The highest BCUT2D eigenvalue weighted by Crippen LogP contribution is 2.49. The van der Waals surface area contributed by atoms with Crippen LogP contribution in [-0.2, 0) is 12.8 Å². The molecule has 5 atom stereocenters. The van der Waals surface area contributed by atoms with Crippen LogP contribution in [0, 0.1) is 29.6 Å². The van der Waals surface area contributed by atoms with E-state index in [2.05, 4.69) is 37.3 Å². The Morgan fingerprint density at radius 3 is 2.53 bits per heavy atom. The van der Waals surface area contributed by atoms with E-state index < -0.39 is 0 Å². The van der Waals surface area contributed by atoms with Gasteiger partial charge in [0.25, 0.3) is 0 Å². The van der Waals surface area contributed by atoms with Crippen LogP contribution in [0.25, 0.3) is 0 Å². The second kappa shape index (κ2) is 10.9. The van der Waals surface area contributed by atoms with Gasteiger partial charge in [0.2, 0.25) is 0 Å². The van der Waals surface area contributed by atoms with Crippen molar-refractivity contribution in [1.29, 1.82) is 0 Å². The summed E-state index contributed by atoms with van der Waals surface area (Å²) < 4.78 is 5.87. The van der Waals surface area contributed by atoms with Crippen molar-refractivity contribution in [2.45, 2.75) is 97.3 Å². The van der Waals surface area contributed by atoms with Gasteiger partial charge in [-0.25, -0.2) is 0 Å². The van der Waals surface area contributed by atoms with Gasteiger partial charge in [-0.1, -0.05) is 57.2 Å². The zero-order valence-electron chi connectivity index (χ0n) is 19.6. The first-order valence-electron chi connectivity index (χ1n) is 13.1. The average molecular weight is 409 g/mol. The molecule has 4 rings (SSSR count). The van der Waals surface area contributed by atoms with Gasteiger partial charge in [0.15, 0.2) is 0 Å². The maximum absolute atomic E-state index is 5.87. The Morgan fingerprint density at radius 1 is 0.900 bits per heavy atom. The van der Waals surface area contributed by atoms with Crippen molar-refractivity contribution >= 4 is 0 Å². The predicted molar refractivity (Wildman–Crippen MR) is 128 cm³/mol. The fraction of sp³-hybridized carbons (Fsp3) is 0.724. The molecule has 2 fully saturated rings. The Labute approximate surface area is 185 Å². The molecule has 0 bridgehead atoms. The van der Waals surface area contributed by atoms with Crippen molar-refractivity contribution in [3.8, 4) is 5.75 Å². The molecule has 0 aliphatic heterocycles. The zero-order valence-corrected chi connectivity index (χ0v) is 19.6. The molecular formula is C29H44O. The Bertz CT molecular complexity index is 690. The monoisotopic (exact) mass is 408 g/mol. The molecule has 3 aliphatic carbocycles. The number of hydrogen-bond acceptors (Lipinski definition) is 1. The molecule has 0 heterocycles. The number of benzene rings is 1. The van der Waals surface area contributed by atoms with E-state index in [1.165, 1.54) is 77.0 Å². The summed E-state index contributed by atoms with van der Waals surface area (Å²) in [5.41, 5.74) is 3.15. The fourth-order valence-corrected chi connectivity index (χ4v) is 6.89. The van der Waals surface area contributed by atoms with Crippen LogP contribution in [0.15, 0.2) is 30.4 Å². The van der Waals surface area contributed by atoms with E-state index in [4.69, 9.17) is 4.74 Å². The lowest BCUT2D eigenvalue weighted by Crippen LogP contribution is -2.35. The summed E-state index contributed by atoms with van der Waals surface area (Å²) in [4.78, 5) is 0. The van der Waals surface area contributed by atoms with Crippen LogP contribution in [0.5, 0.6) is 5.75 Å². The van der Waals surface area contributed by atoms with Crippen molar-refractivity contribution in [3.63, 3.8) is 0 Å². The molecule has 0 radical (unpaired) electrons. The Hall–Kier alpha value is -1.24. The molecule has 1 nitrogen and oxygen atoms in total. The standard InChI is InChI=1S/C29H44O/c1-3-5-7-8-22-9-10-24-19-25(12-11-23(24)18-22)26-13-14-28-21-29(30-17-6-4-2)16-15-27(28)20-26/h4,6,15-16,21-26H,3,5,7-14,17-20H2,1-2H3/b6-4+. The van der Waals surface area contributed by atoms with Gasteiger partial charge in [0.05, 0.1) is 0 Å². The van der Waals surface area contributed by atoms with Crippen molar-refractivity contribution in [2.24, 2.45) is 29.6 Å². The number of hydrogen-bond donors (Lipinski definition) is 0. The quantitative estimate of drug-likeness (QED) is 0.311. The third kappa shape index (κ3) is 5.51. The van der Waals surface area contributed by atoms with Gasteiger partial charge >= 0.3 is 0 Å². The number of aryl methyl sites for hydroxylation is 1. The van der Waals surface area contributed by atoms with Gasteiger partial charge < -0.3 is 4.74 Å². The average Bonchev–Trinajstić information content (AvgIpc) is 2.78. The van der Waals surface area contributed by atoms with Gasteiger partial charge in [-0.3, -0.25) is 0 Å². The fourth-order valence-electron chi connectivity index (χ4n) is 6.89. The van der Waals surface area contributed by atoms with Crippen molar-refractivity contribution in [2.75, 3.05) is 6.61 Å². The molecule has 0 saturated heterocycles. The molecule has 0 amide bonds. The molecule has 0 spiro atoms. The first kappa shape index (κ1) is 22.0. The van der Waals surface area contributed by atoms with Gasteiger partial charge in [0, 0.05) is 0 Å². The molecule has 3 aliphatic rings. The number of unbranched alkanes of at least 4 members (excludes halogenated alkanes) is 2. The van der Waals surface area contributed by atoms with Crippen LogP contribution < -0.4 is 4.74 Å². The summed E-state index contributed by atoms with van der Waals surface area (Å²) in [6, 6.07) is 6.87. The first-order chi connectivity index (χ1) is 14.8. The van der Waals surface area contributed by atoms with Crippen molar-refractivity contribution in [1.82, 2.24) is 0 Å². The topological polar surface area (TPSA) is 9.23 Å². The summed E-state index contributed by atoms with van der Waals surface area (Å²) >= 11 is 0. The van der Waals surface area contributed by atoms with Gasteiger partial charge in [0.1, 0.15) is 12.4 Å². The molecule has 30 heavy (non-hydrogen) atoms. The van der Waals surface area contributed by atoms with E-state index in [1.54, 1.807) is 17.5 Å². The van der Waals surface area contributed by atoms with Crippen molar-refractivity contribution < 1.29 is 4.74 Å². The maximum atomic E-state index is 5.87. The Kier molecular flexibility index (Phi) is 7.96. The third-order valence-electron chi connectivity index (χ3n) is 8.67. The maximum Gasteiger partial charge on any atom is 0.120 e. The lowest BCUT2D eigenvalue weighted by atomic mass is 9.61. The van der Waals surface area contributed by atoms with E-state index in [0.717, 1.165) is 35.3 Å². The molecule has 2 saturated carbocycles. The molecular weight excluding hydrogens is 364 g/mol. The van der Waals surface area contributed by atoms with Crippen LogP contribution >= 0.6 is 0 Å². The largest absolute Gasteiger partial charge is 0.490 e. The Morgan fingerprint density at radius 2 is 1.70 bits per heavy atom. The van der Waals surface area contributed by atoms with Gasteiger partial charge in [-0.2, -0.15) is 0 Å². The minimum absolute atomic E-state index is 0.683. The normalized spacial score (nSPS) is 31.3. The second-order valence-corrected chi connectivity index (χ2v) is 10.6. The SMILES string of the molecule is C/C=C/COc1ccc2c(c1)CCC(C1CCC3CC(CCCCC)CCC3C1)C2. The smallest absolute Gasteiger partial charge is 0.120 e. The van der Waals surface area contributed by atoms with E-state index in [9.17, 15) is 0 Å². The zero-order chi connectivity index (χ0) is 20.8. The molecule has 1 aromatic rings. The van der Waals surface area contributed by atoms with E-state index in [-0.39, 0.29) is 0 Å². The molecule has 166 valence electrons. The van der Waals surface area contributed by atoms with Crippen LogP contribution in [-0.4, -0.2) is 6.61 Å². The molecule has 1 heteroatoms. The summed E-state index contributed by atoms with van der Waals surface area (Å²) in [5.74, 6) is 6.13. The molecule has 1 aromatic carbocycles. The lowest BCUT2D eigenvalue weighted by molar-refractivity contribution is 0.0690. The van der Waals surface area contributed by atoms with Gasteiger partial charge in [-0.05, 0) is 111 Å². The molecule has 0 aromatic heterocycles. The predicted octanol–water partition coefficient (Wildman–Crippen LogP) is 8.16. The number of allylic oxidation sites excluding steroid dienone is 1. The van der Waals surface area contributed by atoms with E-state index in [1.807, 2.05) is 6.92 Å². The highest BCUT2D eigenvalue weighted by atomic mass is 16.5. The van der Waals surface area contributed by atoms with E-state index in [0.29, 0.717) is 6.61 Å². The lowest BCUT2D eigenvalue weighted by Gasteiger charge is -2.45. The number of rotatable bonds is 8. The summed E-state index contributed by atoms with van der Waals surface area (Å²) in [7, 11) is 0. The van der Waals surface area contributed by atoms with Crippen LogP contribution in [0.2, 0.25) is 0 Å². The highest BCUT2D eigenvalue weighted by Gasteiger charge is 2.38. The highest BCUT2D eigenvalue weighted by molar-refractivity contribution is 5.37. The molecule has 0 N–H and O–H groups in total. The van der Waals surface area contributed by atoms with Crippen molar-refractivity contribution in [3.05, 3.63) is 41.5 Å². The third-order valence-corrected chi connectivity index (χ3v) is 8.67. The number of fused-ring (bicyclic) bond motifs is 2. The van der Waals surface area contributed by atoms with E-state index >= 15 is 0 Å². The second-order valence-electron chi connectivity index (χ2n) is 10.6. The first-order valence-corrected chi connectivity index (χ1v) is 13.1. The molecule has 5 unspecified atom stereocenters. The Balaban J connectivity index is 1.28. The van der Waals surface area contributed by atoms with Crippen LogP contribution in [0.1, 0.15) is 95.6 Å².